The molecular formula is C19H17N3OS. The van der Waals surface area contributed by atoms with Gasteiger partial charge in [0.05, 0.1) is 21.8 Å². The van der Waals surface area contributed by atoms with E-state index in [0.717, 1.165) is 28.8 Å². The number of nitrogens with one attached hydrogen (secondary N) is 1. The van der Waals surface area contributed by atoms with Gasteiger partial charge in [-0.2, -0.15) is 5.26 Å². The lowest BCUT2D eigenvalue weighted by Crippen LogP contribution is -2.19. The number of thiophene rings is 1. The van der Waals surface area contributed by atoms with Crippen LogP contribution < -0.4 is 5.32 Å². The molecule has 0 radical (unpaired) electrons. The van der Waals surface area contributed by atoms with Gasteiger partial charge in [-0.25, -0.2) is 0 Å². The van der Waals surface area contributed by atoms with Gasteiger partial charge in [0.15, 0.2) is 0 Å². The van der Waals surface area contributed by atoms with E-state index in [4.69, 9.17) is 5.26 Å². The predicted molar refractivity (Wildman–Crippen MR) is 96.4 cm³/mol. The van der Waals surface area contributed by atoms with Crippen LogP contribution in [0.2, 0.25) is 0 Å². The molecule has 2 heterocycles. The number of fused-ring (bicyclic) bond motifs is 1. The maximum absolute atomic E-state index is 12.8. The monoisotopic (exact) mass is 335 g/mol. The number of anilines is 1. The Bertz CT molecular complexity index is 924. The molecule has 2 aromatic heterocycles. The Hall–Kier alpha value is -2.58. The van der Waals surface area contributed by atoms with Gasteiger partial charge in [0.2, 0.25) is 0 Å². The molecular weight excluding hydrogens is 318 g/mol. The predicted octanol–water partition coefficient (Wildman–Crippen LogP) is 4.94. The highest BCUT2D eigenvalue weighted by atomic mass is 32.1. The smallest absolute Gasteiger partial charge is 0.272 e. The molecule has 0 aliphatic heterocycles. The van der Waals surface area contributed by atoms with Crippen molar-refractivity contribution in [3.8, 4) is 6.07 Å². The van der Waals surface area contributed by atoms with Crippen LogP contribution in [0.15, 0.2) is 41.8 Å². The minimum atomic E-state index is -0.0880. The summed E-state index contributed by atoms with van der Waals surface area (Å²) in [4.78, 5) is 12.8. The third-order valence-corrected chi connectivity index (χ3v) is 5.51. The first-order valence-electron chi connectivity index (χ1n) is 8.16. The number of aromatic nitrogens is 1. The first-order chi connectivity index (χ1) is 11.8. The fourth-order valence-corrected chi connectivity index (χ4v) is 4.31. The Morgan fingerprint density at radius 1 is 1.21 bits per heavy atom. The van der Waals surface area contributed by atoms with Gasteiger partial charge < -0.3 is 9.88 Å². The van der Waals surface area contributed by atoms with Crippen LogP contribution in [-0.4, -0.2) is 10.5 Å². The highest BCUT2D eigenvalue weighted by Gasteiger charge is 2.25. The number of benzene rings is 1. The summed E-state index contributed by atoms with van der Waals surface area (Å²) >= 11 is 1.67. The molecule has 0 unspecified atom stereocenters. The third kappa shape index (κ3) is 2.59. The Kier molecular flexibility index (Phi) is 3.83. The molecule has 0 spiro atoms. The van der Waals surface area contributed by atoms with Crippen LogP contribution >= 0.6 is 11.3 Å². The molecule has 24 heavy (non-hydrogen) atoms. The summed E-state index contributed by atoms with van der Waals surface area (Å²) in [6.07, 6.45) is 4.73. The van der Waals surface area contributed by atoms with Crippen molar-refractivity contribution >= 4 is 33.1 Å². The van der Waals surface area contributed by atoms with Gasteiger partial charge in [0.25, 0.3) is 5.91 Å². The van der Waals surface area contributed by atoms with E-state index in [0.29, 0.717) is 17.3 Å². The normalized spacial score (nSPS) is 14.8. The summed E-state index contributed by atoms with van der Waals surface area (Å²) in [5.41, 5.74) is 3.19. The molecule has 120 valence electrons. The van der Waals surface area contributed by atoms with Crippen molar-refractivity contribution in [3.05, 3.63) is 53.0 Å². The number of hydrogen-bond donors (Lipinski definition) is 1. The van der Waals surface area contributed by atoms with Gasteiger partial charge in [-0.1, -0.05) is 12.8 Å². The summed E-state index contributed by atoms with van der Waals surface area (Å²) in [6, 6.07) is 13.6. The minimum Gasteiger partial charge on any atom is -0.333 e. The van der Waals surface area contributed by atoms with E-state index in [9.17, 15) is 4.79 Å². The Labute approximate surface area is 144 Å². The van der Waals surface area contributed by atoms with Gasteiger partial charge in [0, 0.05) is 11.7 Å². The Morgan fingerprint density at radius 3 is 2.67 bits per heavy atom. The highest BCUT2D eigenvalue weighted by molar-refractivity contribution is 7.17. The van der Waals surface area contributed by atoms with E-state index in [1.54, 1.807) is 35.6 Å². The first kappa shape index (κ1) is 15.0. The molecule has 1 aliphatic carbocycles. The second kappa shape index (κ2) is 6.14. The summed E-state index contributed by atoms with van der Waals surface area (Å²) in [6.45, 7) is 0. The molecule has 4 rings (SSSR count). The maximum atomic E-state index is 12.8. The van der Waals surface area contributed by atoms with Crippen molar-refractivity contribution in [1.29, 1.82) is 5.26 Å². The van der Waals surface area contributed by atoms with E-state index in [1.165, 1.54) is 12.8 Å². The standard InChI is InChI=1S/C19H17N3OS/c20-12-13-5-7-14(8-6-13)21-19(23)17-11-18-16(9-10-24-18)22(17)15-3-1-2-4-15/h5-11,15H,1-4H2,(H,21,23). The summed E-state index contributed by atoms with van der Waals surface area (Å²) in [5, 5.41) is 13.9. The molecule has 0 atom stereocenters. The van der Waals surface area contributed by atoms with E-state index < -0.39 is 0 Å². The molecule has 1 amide bonds. The molecule has 1 saturated carbocycles. The number of hydrogen-bond acceptors (Lipinski definition) is 3. The third-order valence-electron chi connectivity index (χ3n) is 4.65. The second-order valence-corrected chi connectivity index (χ2v) is 7.10. The summed E-state index contributed by atoms with van der Waals surface area (Å²) in [7, 11) is 0. The van der Waals surface area contributed by atoms with Crippen LogP contribution in [0.25, 0.3) is 10.2 Å². The molecule has 1 aliphatic rings. The van der Waals surface area contributed by atoms with E-state index in [1.807, 2.05) is 6.07 Å². The van der Waals surface area contributed by atoms with E-state index in [2.05, 4.69) is 27.4 Å². The molecule has 1 aromatic carbocycles. The summed E-state index contributed by atoms with van der Waals surface area (Å²) < 4.78 is 3.38. The number of nitrogens with zero attached hydrogens (tertiary/aromatic N) is 2. The van der Waals surface area contributed by atoms with Crippen LogP contribution in [0.1, 0.15) is 47.8 Å². The number of carbonyl (C=O) groups is 1. The SMILES string of the molecule is N#Cc1ccc(NC(=O)c2cc3sccc3n2C2CCCC2)cc1. The molecule has 1 fully saturated rings. The summed E-state index contributed by atoms with van der Waals surface area (Å²) in [5.74, 6) is -0.0880. The lowest BCUT2D eigenvalue weighted by atomic mass is 10.2. The minimum absolute atomic E-state index is 0.0880. The van der Waals surface area contributed by atoms with Crippen LogP contribution in [0, 0.1) is 11.3 Å². The van der Waals surface area contributed by atoms with Gasteiger partial charge in [-0.15, -0.1) is 11.3 Å². The second-order valence-electron chi connectivity index (χ2n) is 6.15. The Morgan fingerprint density at radius 2 is 1.96 bits per heavy atom. The molecule has 0 bridgehead atoms. The largest absolute Gasteiger partial charge is 0.333 e. The Balaban J connectivity index is 1.67. The number of rotatable bonds is 3. The van der Waals surface area contributed by atoms with Crippen LogP contribution in [0.4, 0.5) is 5.69 Å². The van der Waals surface area contributed by atoms with Crippen molar-refractivity contribution in [1.82, 2.24) is 4.57 Å². The topological polar surface area (TPSA) is 57.8 Å². The first-order valence-corrected chi connectivity index (χ1v) is 9.04. The van der Waals surface area contributed by atoms with Gasteiger partial charge in [0.1, 0.15) is 5.69 Å². The lowest BCUT2D eigenvalue weighted by molar-refractivity contribution is 0.101. The van der Waals surface area contributed by atoms with E-state index in [-0.39, 0.29) is 5.91 Å². The quantitative estimate of drug-likeness (QED) is 0.737. The molecule has 1 N–H and O–H groups in total. The maximum Gasteiger partial charge on any atom is 0.272 e. The average molecular weight is 335 g/mol. The average Bonchev–Trinajstić information content (AvgIpc) is 3.31. The highest BCUT2D eigenvalue weighted by Crippen LogP contribution is 2.36. The van der Waals surface area contributed by atoms with Crippen molar-refractivity contribution in [2.24, 2.45) is 0 Å². The van der Waals surface area contributed by atoms with Crippen molar-refractivity contribution in [2.45, 2.75) is 31.7 Å². The van der Waals surface area contributed by atoms with Gasteiger partial charge >= 0.3 is 0 Å². The zero-order valence-corrected chi connectivity index (χ0v) is 14.0. The molecule has 4 nitrogen and oxygen atoms in total. The van der Waals surface area contributed by atoms with Gasteiger partial charge in [-0.05, 0) is 54.6 Å². The van der Waals surface area contributed by atoms with Crippen molar-refractivity contribution < 1.29 is 4.79 Å². The van der Waals surface area contributed by atoms with Crippen molar-refractivity contribution in [2.75, 3.05) is 5.32 Å². The van der Waals surface area contributed by atoms with Crippen LogP contribution in [0.3, 0.4) is 0 Å². The van der Waals surface area contributed by atoms with E-state index >= 15 is 0 Å². The molecule has 0 saturated heterocycles. The zero-order valence-electron chi connectivity index (χ0n) is 13.2. The number of nitriles is 1. The van der Waals surface area contributed by atoms with Gasteiger partial charge in [-0.3, -0.25) is 4.79 Å². The van der Waals surface area contributed by atoms with Crippen molar-refractivity contribution in [3.63, 3.8) is 0 Å². The van der Waals surface area contributed by atoms with Crippen LogP contribution in [0.5, 0.6) is 0 Å². The molecule has 3 aromatic rings. The molecule has 5 heteroatoms. The van der Waals surface area contributed by atoms with Crippen LogP contribution in [-0.2, 0) is 0 Å². The fraction of sp³-hybridized carbons (Fsp3) is 0.263. The zero-order chi connectivity index (χ0) is 16.5. The number of carbonyl (C=O) groups excluding carboxylic acids is 1. The lowest BCUT2D eigenvalue weighted by Gasteiger charge is -2.17. The fourth-order valence-electron chi connectivity index (χ4n) is 3.50. The number of amides is 1.